The summed E-state index contributed by atoms with van der Waals surface area (Å²) in [5, 5.41) is 0. The lowest BCUT2D eigenvalue weighted by Crippen LogP contribution is -2.21. The fourth-order valence-electron chi connectivity index (χ4n) is 3.41. The molecule has 1 aliphatic rings. The van der Waals surface area contributed by atoms with Crippen molar-refractivity contribution in [2.75, 3.05) is 19.6 Å². The number of halogens is 3. The van der Waals surface area contributed by atoms with Crippen molar-refractivity contribution >= 4 is 10.1 Å². The van der Waals surface area contributed by atoms with E-state index in [4.69, 9.17) is 13.0 Å². The van der Waals surface area contributed by atoms with Gasteiger partial charge in [0, 0.05) is 6.54 Å². The molecule has 4 nitrogen and oxygen atoms in total. The summed E-state index contributed by atoms with van der Waals surface area (Å²) in [5.41, 5.74) is -5.53. The van der Waals surface area contributed by atoms with E-state index < -0.39 is 15.6 Å². The summed E-state index contributed by atoms with van der Waals surface area (Å²) in [5.74, 6) is 0.951. The topological polar surface area (TPSA) is 57.6 Å². The monoisotopic (exact) mass is 431 g/mol. The minimum absolute atomic E-state index is 0.951. The first-order valence-electron chi connectivity index (χ1n) is 10.8. The molecule has 1 N–H and O–H groups in total. The van der Waals surface area contributed by atoms with Crippen molar-refractivity contribution in [2.24, 2.45) is 5.92 Å². The summed E-state index contributed by atoms with van der Waals surface area (Å²) in [7, 11) is -5.84. The van der Waals surface area contributed by atoms with E-state index in [1.165, 1.54) is 103 Å². The number of likely N-dealkylation sites (tertiary alicyclic amines) is 1. The summed E-state index contributed by atoms with van der Waals surface area (Å²) in [6.07, 6.45) is 18.9. The van der Waals surface area contributed by atoms with E-state index in [0.717, 1.165) is 5.92 Å². The lowest BCUT2D eigenvalue weighted by atomic mass is 10.1. The van der Waals surface area contributed by atoms with Gasteiger partial charge < -0.3 is 4.90 Å². The Hall–Kier alpha value is -0.340. The summed E-state index contributed by atoms with van der Waals surface area (Å²) in [4.78, 5) is 2.67. The molecule has 1 saturated heterocycles. The van der Waals surface area contributed by atoms with E-state index in [9.17, 15) is 13.2 Å². The molecule has 0 aromatic carbocycles. The Morgan fingerprint density at radius 1 is 0.893 bits per heavy atom. The van der Waals surface area contributed by atoms with E-state index >= 15 is 0 Å². The lowest BCUT2D eigenvalue weighted by Gasteiger charge is -2.14. The Labute approximate surface area is 170 Å². The number of alkyl halides is 3. The number of rotatable bonds is 13. The van der Waals surface area contributed by atoms with Gasteiger partial charge in [0.05, 0.1) is 0 Å². The minimum Gasteiger partial charge on any atom is -0.303 e. The van der Waals surface area contributed by atoms with E-state index in [2.05, 4.69) is 18.7 Å². The molecule has 0 spiro atoms. The molecule has 0 aromatic rings. The molecule has 0 aliphatic carbocycles. The van der Waals surface area contributed by atoms with Crippen LogP contribution in [0.4, 0.5) is 13.2 Å². The Balaban J connectivity index is 0.000000769. The standard InChI is InChI=1S/C19H39N.CHF3O3S/c1-3-4-5-6-7-8-9-10-11-12-13-14-16-20-17-15-19(2)18-20;2-1(3,4)8(5,6)7/h19H,3-18H2,1-2H3;(H,5,6,7). The molecule has 0 saturated carbocycles. The molecule has 0 bridgehead atoms. The zero-order chi connectivity index (χ0) is 21.5. The minimum atomic E-state index is -5.84. The van der Waals surface area contributed by atoms with Crippen LogP contribution in [0.3, 0.4) is 0 Å². The molecule has 0 aromatic heterocycles. The maximum atomic E-state index is 10.7. The maximum absolute atomic E-state index is 10.7. The highest BCUT2D eigenvalue weighted by Gasteiger charge is 2.44. The fraction of sp³-hybridized carbons (Fsp3) is 1.00. The van der Waals surface area contributed by atoms with E-state index in [1.807, 2.05) is 0 Å². The van der Waals surface area contributed by atoms with Gasteiger partial charge in [-0.3, -0.25) is 4.55 Å². The van der Waals surface area contributed by atoms with Gasteiger partial charge in [0.15, 0.2) is 0 Å². The third-order valence-corrected chi connectivity index (χ3v) is 5.71. The van der Waals surface area contributed by atoms with Crippen molar-refractivity contribution in [3.8, 4) is 0 Å². The zero-order valence-electron chi connectivity index (χ0n) is 17.6. The molecular formula is C20H40F3NO3S. The van der Waals surface area contributed by atoms with Crippen LogP contribution in [0, 0.1) is 5.92 Å². The maximum Gasteiger partial charge on any atom is 0.522 e. The van der Waals surface area contributed by atoms with Gasteiger partial charge in [0.25, 0.3) is 0 Å². The highest BCUT2D eigenvalue weighted by Crippen LogP contribution is 2.20. The van der Waals surface area contributed by atoms with Crippen molar-refractivity contribution in [1.29, 1.82) is 0 Å². The van der Waals surface area contributed by atoms with Crippen LogP contribution in [0.25, 0.3) is 0 Å². The van der Waals surface area contributed by atoms with E-state index in [0.29, 0.717) is 0 Å². The second-order valence-electron chi connectivity index (χ2n) is 8.00. The van der Waals surface area contributed by atoms with Gasteiger partial charge in [-0.25, -0.2) is 0 Å². The molecule has 1 heterocycles. The molecule has 28 heavy (non-hydrogen) atoms. The number of unbranched alkanes of at least 4 members (excludes halogenated alkanes) is 11. The predicted molar refractivity (Wildman–Crippen MR) is 109 cm³/mol. The zero-order valence-corrected chi connectivity index (χ0v) is 18.5. The average Bonchev–Trinajstić information content (AvgIpc) is 3.00. The molecule has 1 aliphatic heterocycles. The predicted octanol–water partition coefficient (Wildman–Crippen LogP) is 6.42. The average molecular weight is 432 g/mol. The molecule has 0 radical (unpaired) electrons. The van der Waals surface area contributed by atoms with Crippen LogP contribution in [-0.4, -0.2) is 43.0 Å². The van der Waals surface area contributed by atoms with Gasteiger partial charge in [0.2, 0.25) is 0 Å². The number of nitrogens with zero attached hydrogens (tertiary/aromatic N) is 1. The third kappa shape index (κ3) is 15.6. The highest BCUT2D eigenvalue weighted by molar-refractivity contribution is 7.86. The van der Waals surface area contributed by atoms with Crippen molar-refractivity contribution < 1.29 is 26.1 Å². The van der Waals surface area contributed by atoms with Gasteiger partial charge in [0.1, 0.15) is 0 Å². The smallest absolute Gasteiger partial charge is 0.303 e. The Morgan fingerprint density at radius 2 is 1.29 bits per heavy atom. The van der Waals surface area contributed by atoms with Gasteiger partial charge in [-0.1, -0.05) is 84.5 Å². The van der Waals surface area contributed by atoms with Crippen LogP contribution < -0.4 is 0 Å². The summed E-state index contributed by atoms with van der Waals surface area (Å²) < 4.78 is 57.5. The van der Waals surface area contributed by atoms with E-state index in [-0.39, 0.29) is 0 Å². The molecule has 8 heteroatoms. The second kappa shape index (κ2) is 15.5. The van der Waals surface area contributed by atoms with Gasteiger partial charge >= 0.3 is 15.6 Å². The first-order valence-corrected chi connectivity index (χ1v) is 12.3. The SMILES string of the molecule is CCCCCCCCCCCCCCN1CCC(C)C1.O=S(=O)(O)C(F)(F)F. The van der Waals surface area contributed by atoms with Crippen molar-refractivity contribution in [2.45, 2.75) is 103 Å². The van der Waals surface area contributed by atoms with Crippen molar-refractivity contribution in [3.05, 3.63) is 0 Å². The van der Waals surface area contributed by atoms with Crippen LogP contribution in [0.1, 0.15) is 97.3 Å². The first kappa shape index (κ1) is 27.7. The highest BCUT2D eigenvalue weighted by atomic mass is 32.2. The van der Waals surface area contributed by atoms with Crippen molar-refractivity contribution in [1.82, 2.24) is 4.90 Å². The fourth-order valence-corrected chi connectivity index (χ4v) is 3.41. The van der Waals surface area contributed by atoms with Crippen LogP contribution in [0.15, 0.2) is 0 Å². The second-order valence-corrected chi connectivity index (χ2v) is 9.42. The summed E-state index contributed by atoms with van der Waals surface area (Å²) >= 11 is 0. The summed E-state index contributed by atoms with van der Waals surface area (Å²) in [6, 6.07) is 0. The molecule has 1 unspecified atom stereocenters. The van der Waals surface area contributed by atoms with Gasteiger partial charge in [-0.2, -0.15) is 21.6 Å². The number of hydrogen-bond donors (Lipinski definition) is 1. The number of hydrogen-bond acceptors (Lipinski definition) is 3. The van der Waals surface area contributed by atoms with Crippen molar-refractivity contribution in [3.63, 3.8) is 0 Å². The van der Waals surface area contributed by atoms with Crippen LogP contribution in [-0.2, 0) is 10.1 Å². The van der Waals surface area contributed by atoms with Gasteiger partial charge in [-0.15, -0.1) is 0 Å². The summed E-state index contributed by atoms with van der Waals surface area (Å²) in [6.45, 7) is 8.77. The Bertz CT molecular complexity index is 470. The molecule has 1 rings (SSSR count). The Kier molecular flexibility index (Phi) is 15.3. The lowest BCUT2D eigenvalue weighted by molar-refractivity contribution is -0.0510. The largest absolute Gasteiger partial charge is 0.522 e. The molecule has 170 valence electrons. The molecular weight excluding hydrogens is 391 g/mol. The van der Waals surface area contributed by atoms with Crippen LogP contribution >= 0.6 is 0 Å². The Morgan fingerprint density at radius 3 is 1.61 bits per heavy atom. The van der Waals surface area contributed by atoms with E-state index in [1.54, 1.807) is 0 Å². The van der Waals surface area contributed by atoms with Crippen LogP contribution in [0.5, 0.6) is 0 Å². The van der Waals surface area contributed by atoms with Gasteiger partial charge in [-0.05, 0) is 31.8 Å². The first-order chi connectivity index (χ1) is 13.1. The molecule has 1 fully saturated rings. The third-order valence-electron chi connectivity index (χ3n) is 5.13. The molecule has 0 amide bonds. The molecule has 1 atom stereocenters. The van der Waals surface area contributed by atoms with Crippen LogP contribution in [0.2, 0.25) is 0 Å². The normalized spacial score (nSPS) is 18.1. The quantitative estimate of drug-likeness (QED) is 0.208.